The lowest BCUT2D eigenvalue weighted by atomic mass is 10.3. The number of rotatable bonds is 1. The molecule has 1 aliphatic rings. The predicted octanol–water partition coefficient (Wildman–Crippen LogP) is 1.54. The summed E-state index contributed by atoms with van der Waals surface area (Å²) >= 11 is 3.29. The average Bonchev–Trinajstić information content (AvgIpc) is 2.83. The van der Waals surface area contributed by atoms with Gasteiger partial charge in [-0.3, -0.25) is 5.32 Å². The molecule has 5 nitrogen and oxygen atoms in total. The molecular formula is C9H10BrN4O+. The average molecular weight is 270 g/mol. The van der Waals surface area contributed by atoms with E-state index in [1.54, 1.807) is 0 Å². The lowest BCUT2D eigenvalue weighted by molar-refractivity contribution is -0.676. The second-order valence-electron chi connectivity index (χ2n) is 3.43. The standard InChI is InChI=1S/C9H9BrN4O/c10-7-3-2-6(15-7)8-12-13-9-11-4-1-5-14(8)9/h2-3H,1,4-5H2,(H,11,13)/p+1. The number of aromatic amines is 1. The van der Waals surface area contributed by atoms with Crippen molar-refractivity contribution in [1.82, 2.24) is 10.2 Å². The van der Waals surface area contributed by atoms with Crippen molar-refractivity contribution in [2.75, 3.05) is 11.9 Å². The largest absolute Gasteiger partial charge is 0.444 e. The van der Waals surface area contributed by atoms with Crippen molar-refractivity contribution >= 4 is 21.9 Å². The second-order valence-corrected chi connectivity index (χ2v) is 4.21. The highest BCUT2D eigenvalue weighted by molar-refractivity contribution is 9.10. The summed E-state index contributed by atoms with van der Waals surface area (Å²) in [4.78, 5) is 0. The molecule has 6 heteroatoms. The fraction of sp³-hybridized carbons (Fsp3) is 0.333. The van der Waals surface area contributed by atoms with Crippen molar-refractivity contribution < 1.29 is 8.98 Å². The molecule has 0 spiro atoms. The molecule has 0 fully saturated rings. The van der Waals surface area contributed by atoms with Gasteiger partial charge in [0.1, 0.15) is 0 Å². The number of halogens is 1. The van der Waals surface area contributed by atoms with Crippen molar-refractivity contribution in [1.29, 1.82) is 0 Å². The van der Waals surface area contributed by atoms with Gasteiger partial charge in [0.05, 0.1) is 13.1 Å². The molecule has 15 heavy (non-hydrogen) atoms. The van der Waals surface area contributed by atoms with Crippen molar-refractivity contribution in [3.05, 3.63) is 16.8 Å². The van der Waals surface area contributed by atoms with Crippen molar-refractivity contribution in [2.45, 2.75) is 13.0 Å². The van der Waals surface area contributed by atoms with Crippen LogP contribution in [0.1, 0.15) is 6.42 Å². The lowest BCUT2D eigenvalue weighted by Crippen LogP contribution is -2.42. The lowest BCUT2D eigenvalue weighted by Gasteiger charge is -2.08. The van der Waals surface area contributed by atoms with Gasteiger partial charge in [-0.15, -0.1) is 5.10 Å². The highest BCUT2D eigenvalue weighted by atomic mass is 79.9. The summed E-state index contributed by atoms with van der Waals surface area (Å²) in [5, 5.41) is 10.4. The van der Waals surface area contributed by atoms with Crippen LogP contribution in [0.15, 0.2) is 21.2 Å². The minimum absolute atomic E-state index is 0.727. The SMILES string of the molecule is Brc1ccc(-c2[nH]nc3[n+]2CCCN3)o1. The topological polar surface area (TPSA) is 57.7 Å². The molecule has 0 aliphatic carbocycles. The number of fused-ring (bicyclic) bond motifs is 1. The minimum Gasteiger partial charge on any atom is -0.444 e. The molecule has 0 amide bonds. The normalized spacial score (nSPS) is 14.7. The van der Waals surface area contributed by atoms with Crippen molar-refractivity contribution in [3.8, 4) is 11.6 Å². The zero-order chi connectivity index (χ0) is 10.3. The van der Waals surface area contributed by atoms with Crippen LogP contribution >= 0.6 is 15.9 Å². The van der Waals surface area contributed by atoms with E-state index in [9.17, 15) is 0 Å². The molecule has 0 atom stereocenters. The molecule has 2 aromatic heterocycles. The summed E-state index contributed by atoms with van der Waals surface area (Å²) < 4.78 is 8.31. The van der Waals surface area contributed by atoms with Gasteiger partial charge in [-0.05, 0) is 28.1 Å². The van der Waals surface area contributed by atoms with Gasteiger partial charge in [-0.1, -0.05) is 0 Å². The van der Waals surface area contributed by atoms with E-state index in [0.29, 0.717) is 0 Å². The molecule has 78 valence electrons. The zero-order valence-corrected chi connectivity index (χ0v) is 9.54. The van der Waals surface area contributed by atoms with Crippen molar-refractivity contribution in [2.24, 2.45) is 0 Å². The smallest absolute Gasteiger partial charge is 0.377 e. The third kappa shape index (κ3) is 1.45. The number of furan rings is 1. The van der Waals surface area contributed by atoms with Crippen LogP contribution in [0.4, 0.5) is 5.95 Å². The number of nitrogens with zero attached hydrogens (tertiary/aromatic N) is 2. The summed E-state index contributed by atoms with van der Waals surface area (Å²) in [6.07, 6.45) is 1.10. The van der Waals surface area contributed by atoms with Gasteiger partial charge in [-0.25, -0.2) is 4.57 Å². The molecule has 0 bridgehead atoms. The van der Waals surface area contributed by atoms with Crippen LogP contribution in [-0.4, -0.2) is 16.7 Å². The molecule has 2 N–H and O–H groups in total. The number of hydrogen-bond acceptors (Lipinski definition) is 3. The maximum absolute atomic E-state index is 5.49. The van der Waals surface area contributed by atoms with Gasteiger partial charge >= 0.3 is 5.95 Å². The Balaban J connectivity index is 2.08. The fourth-order valence-electron chi connectivity index (χ4n) is 1.75. The number of hydrogen-bond donors (Lipinski definition) is 2. The first-order chi connectivity index (χ1) is 7.34. The summed E-state index contributed by atoms with van der Waals surface area (Å²) in [5.41, 5.74) is 0. The molecule has 3 heterocycles. The Bertz CT molecular complexity index is 490. The molecule has 2 aromatic rings. The van der Waals surface area contributed by atoms with Crippen LogP contribution in [0.25, 0.3) is 11.6 Å². The summed E-state index contributed by atoms with van der Waals surface area (Å²) in [5.74, 6) is 2.58. The Hall–Kier alpha value is -1.30. The van der Waals surface area contributed by atoms with Gasteiger partial charge in [0.25, 0.3) is 5.82 Å². The van der Waals surface area contributed by atoms with E-state index in [1.807, 2.05) is 12.1 Å². The number of anilines is 1. The molecule has 0 aromatic carbocycles. The minimum atomic E-state index is 0.727. The zero-order valence-electron chi connectivity index (χ0n) is 7.96. The fourth-order valence-corrected chi connectivity index (χ4v) is 2.06. The molecule has 1 aliphatic heterocycles. The molecular weight excluding hydrogens is 260 g/mol. The monoisotopic (exact) mass is 269 g/mol. The van der Waals surface area contributed by atoms with Crippen LogP contribution in [-0.2, 0) is 6.54 Å². The maximum Gasteiger partial charge on any atom is 0.377 e. The first-order valence-corrected chi connectivity index (χ1v) is 5.62. The second kappa shape index (κ2) is 3.37. The summed E-state index contributed by atoms with van der Waals surface area (Å²) in [7, 11) is 0. The van der Waals surface area contributed by atoms with Gasteiger partial charge in [0.15, 0.2) is 10.4 Å². The number of nitrogens with one attached hydrogen (secondary N) is 2. The van der Waals surface area contributed by atoms with Crippen LogP contribution in [0.2, 0.25) is 0 Å². The van der Waals surface area contributed by atoms with Crippen LogP contribution in [0, 0.1) is 0 Å². The highest BCUT2D eigenvalue weighted by Crippen LogP contribution is 2.22. The number of aromatic nitrogens is 3. The van der Waals surface area contributed by atoms with Gasteiger partial charge in [0.2, 0.25) is 0 Å². The Morgan fingerprint density at radius 2 is 2.40 bits per heavy atom. The highest BCUT2D eigenvalue weighted by Gasteiger charge is 2.24. The summed E-state index contributed by atoms with van der Waals surface area (Å²) in [6, 6.07) is 3.79. The quantitative estimate of drug-likeness (QED) is 0.773. The van der Waals surface area contributed by atoms with Gasteiger partial charge < -0.3 is 4.42 Å². The van der Waals surface area contributed by atoms with Gasteiger partial charge in [-0.2, -0.15) is 0 Å². The first kappa shape index (κ1) is 8.96. The van der Waals surface area contributed by atoms with E-state index in [-0.39, 0.29) is 0 Å². The predicted molar refractivity (Wildman–Crippen MR) is 57.3 cm³/mol. The third-order valence-corrected chi connectivity index (χ3v) is 2.87. The first-order valence-electron chi connectivity index (χ1n) is 4.82. The molecule has 0 unspecified atom stereocenters. The van der Waals surface area contributed by atoms with E-state index in [2.05, 4.69) is 36.0 Å². The molecule has 0 radical (unpaired) electrons. The Morgan fingerprint density at radius 3 is 3.20 bits per heavy atom. The van der Waals surface area contributed by atoms with E-state index < -0.39 is 0 Å². The van der Waals surface area contributed by atoms with Gasteiger partial charge in [0, 0.05) is 11.5 Å². The Kier molecular flexibility index (Phi) is 2.02. The Morgan fingerprint density at radius 1 is 1.47 bits per heavy atom. The Labute approximate surface area is 94.6 Å². The maximum atomic E-state index is 5.49. The number of H-pyrrole nitrogens is 1. The van der Waals surface area contributed by atoms with E-state index in [1.165, 1.54) is 0 Å². The van der Waals surface area contributed by atoms with Crippen LogP contribution in [0.3, 0.4) is 0 Å². The van der Waals surface area contributed by atoms with E-state index >= 15 is 0 Å². The summed E-state index contributed by atoms with van der Waals surface area (Å²) in [6.45, 7) is 1.94. The third-order valence-electron chi connectivity index (χ3n) is 2.44. The molecule has 0 saturated heterocycles. The van der Waals surface area contributed by atoms with E-state index in [0.717, 1.165) is 41.7 Å². The molecule has 0 saturated carbocycles. The van der Waals surface area contributed by atoms with Crippen molar-refractivity contribution in [3.63, 3.8) is 0 Å². The van der Waals surface area contributed by atoms with Crippen LogP contribution in [0.5, 0.6) is 0 Å². The van der Waals surface area contributed by atoms with Crippen LogP contribution < -0.4 is 9.88 Å². The molecule has 3 rings (SSSR count). The van der Waals surface area contributed by atoms with E-state index in [4.69, 9.17) is 4.42 Å².